The SMILES string of the molecule is COC1CCCC1.Nc1c(C(=O)O)cnc2ccc(Br)cc12. The number of carboxylic acids is 1. The van der Waals surface area contributed by atoms with Crippen LogP contribution in [-0.4, -0.2) is 29.3 Å². The molecule has 3 rings (SSSR count). The van der Waals surface area contributed by atoms with E-state index in [1.807, 2.05) is 6.07 Å². The molecule has 1 aromatic carbocycles. The van der Waals surface area contributed by atoms with Gasteiger partial charge in [0.15, 0.2) is 0 Å². The number of anilines is 1. The number of halogens is 1. The Kier molecular flexibility index (Phi) is 5.74. The Morgan fingerprint density at radius 3 is 2.64 bits per heavy atom. The van der Waals surface area contributed by atoms with E-state index in [-0.39, 0.29) is 11.3 Å². The first-order chi connectivity index (χ1) is 10.5. The maximum Gasteiger partial charge on any atom is 0.339 e. The molecular weight excluding hydrogens is 348 g/mol. The number of rotatable bonds is 2. The van der Waals surface area contributed by atoms with E-state index >= 15 is 0 Å². The van der Waals surface area contributed by atoms with Crippen molar-refractivity contribution in [2.75, 3.05) is 12.8 Å². The van der Waals surface area contributed by atoms with Crippen molar-refractivity contribution in [1.29, 1.82) is 0 Å². The Balaban J connectivity index is 0.000000211. The van der Waals surface area contributed by atoms with Crippen molar-refractivity contribution in [3.63, 3.8) is 0 Å². The van der Waals surface area contributed by atoms with Gasteiger partial charge < -0.3 is 15.6 Å². The fourth-order valence-corrected chi connectivity index (χ4v) is 2.84. The Morgan fingerprint density at radius 1 is 1.41 bits per heavy atom. The summed E-state index contributed by atoms with van der Waals surface area (Å²) in [5.41, 5.74) is 6.70. The van der Waals surface area contributed by atoms with Crippen molar-refractivity contribution in [3.8, 4) is 0 Å². The van der Waals surface area contributed by atoms with Crippen molar-refractivity contribution in [3.05, 3.63) is 34.4 Å². The van der Waals surface area contributed by atoms with Crippen LogP contribution in [0, 0.1) is 0 Å². The van der Waals surface area contributed by atoms with Gasteiger partial charge in [0.25, 0.3) is 0 Å². The average molecular weight is 367 g/mol. The monoisotopic (exact) mass is 366 g/mol. The van der Waals surface area contributed by atoms with Crippen molar-refractivity contribution >= 4 is 38.5 Å². The highest BCUT2D eigenvalue weighted by atomic mass is 79.9. The summed E-state index contributed by atoms with van der Waals surface area (Å²) in [6.07, 6.45) is 7.19. The molecule has 1 heterocycles. The summed E-state index contributed by atoms with van der Waals surface area (Å²) in [4.78, 5) is 14.8. The highest BCUT2D eigenvalue weighted by Gasteiger charge is 2.12. The standard InChI is InChI=1S/C10H7BrN2O2.C6H12O/c11-5-1-2-8-6(3-5)9(12)7(4-13-8)10(14)15;1-7-6-4-2-3-5-6/h1-4H,(H2,12,13)(H,14,15);6H,2-5H2,1H3. The van der Waals surface area contributed by atoms with Gasteiger partial charge in [-0.2, -0.15) is 0 Å². The topological polar surface area (TPSA) is 85.4 Å². The van der Waals surface area contributed by atoms with E-state index in [2.05, 4.69) is 20.9 Å². The lowest BCUT2D eigenvalue weighted by Gasteiger charge is -2.05. The number of nitrogens with zero attached hydrogens (tertiary/aromatic N) is 1. The molecule has 6 heteroatoms. The van der Waals surface area contributed by atoms with Crippen LogP contribution in [0.25, 0.3) is 10.9 Å². The molecule has 0 amide bonds. The number of hydrogen-bond acceptors (Lipinski definition) is 4. The van der Waals surface area contributed by atoms with E-state index < -0.39 is 5.97 Å². The number of benzene rings is 1. The molecule has 0 aliphatic heterocycles. The number of nitrogens with two attached hydrogens (primary N) is 1. The molecule has 0 bridgehead atoms. The number of aromatic carboxylic acids is 1. The molecule has 0 atom stereocenters. The summed E-state index contributed by atoms with van der Waals surface area (Å²) < 4.78 is 5.95. The minimum Gasteiger partial charge on any atom is -0.478 e. The average Bonchev–Trinajstić information content (AvgIpc) is 3.02. The third kappa shape index (κ3) is 3.96. The molecule has 1 aliphatic rings. The third-order valence-corrected chi connectivity index (χ3v) is 4.23. The van der Waals surface area contributed by atoms with Crippen LogP contribution in [0.4, 0.5) is 5.69 Å². The maximum atomic E-state index is 10.8. The highest BCUT2D eigenvalue weighted by Crippen LogP contribution is 2.25. The van der Waals surface area contributed by atoms with Crippen LogP contribution in [-0.2, 0) is 4.74 Å². The Morgan fingerprint density at radius 2 is 2.09 bits per heavy atom. The molecule has 1 fully saturated rings. The number of methoxy groups -OCH3 is 1. The number of aromatic nitrogens is 1. The lowest BCUT2D eigenvalue weighted by Crippen LogP contribution is -2.03. The zero-order chi connectivity index (χ0) is 16.1. The molecule has 5 nitrogen and oxygen atoms in total. The van der Waals surface area contributed by atoms with E-state index in [1.54, 1.807) is 19.2 Å². The number of fused-ring (bicyclic) bond motifs is 1. The molecule has 118 valence electrons. The number of carboxylic acid groups (broad SMARTS) is 1. The maximum absolute atomic E-state index is 10.8. The minimum atomic E-state index is -1.07. The molecule has 1 saturated carbocycles. The van der Waals surface area contributed by atoms with Gasteiger partial charge in [0.05, 0.1) is 17.3 Å². The van der Waals surface area contributed by atoms with Crippen molar-refractivity contribution in [2.24, 2.45) is 0 Å². The van der Waals surface area contributed by atoms with Gasteiger partial charge in [0.1, 0.15) is 5.56 Å². The number of ether oxygens (including phenoxy) is 1. The van der Waals surface area contributed by atoms with Crippen LogP contribution in [0.15, 0.2) is 28.9 Å². The van der Waals surface area contributed by atoms with E-state index in [1.165, 1.54) is 31.9 Å². The molecule has 0 radical (unpaired) electrons. The number of carbonyl (C=O) groups is 1. The largest absolute Gasteiger partial charge is 0.478 e. The van der Waals surface area contributed by atoms with Gasteiger partial charge in [-0.3, -0.25) is 4.98 Å². The summed E-state index contributed by atoms with van der Waals surface area (Å²) in [5, 5.41) is 9.51. The van der Waals surface area contributed by atoms with Crippen LogP contribution >= 0.6 is 15.9 Å². The van der Waals surface area contributed by atoms with Crippen LogP contribution in [0.2, 0.25) is 0 Å². The molecule has 2 aromatic rings. The second-order valence-electron chi connectivity index (χ2n) is 5.19. The van der Waals surface area contributed by atoms with Crippen LogP contribution in [0.3, 0.4) is 0 Å². The highest BCUT2D eigenvalue weighted by molar-refractivity contribution is 9.10. The Bertz CT molecular complexity index is 670. The predicted octanol–water partition coefficient (Wildman–Crippen LogP) is 3.85. The lowest BCUT2D eigenvalue weighted by molar-refractivity contribution is 0.0698. The summed E-state index contributed by atoms with van der Waals surface area (Å²) in [7, 11) is 1.80. The molecular formula is C16H19BrN2O3. The van der Waals surface area contributed by atoms with Crippen molar-refractivity contribution in [2.45, 2.75) is 31.8 Å². The van der Waals surface area contributed by atoms with Crippen molar-refractivity contribution < 1.29 is 14.6 Å². The minimum absolute atomic E-state index is 0.0283. The zero-order valence-corrected chi connectivity index (χ0v) is 14.0. The van der Waals surface area contributed by atoms with Gasteiger partial charge in [0.2, 0.25) is 0 Å². The first kappa shape index (κ1) is 16.7. The quantitative estimate of drug-likeness (QED) is 0.842. The molecule has 0 saturated heterocycles. The third-order valence-electron chi connectivity index (χ3n) is 3.74. The molecule has 1 aliphatic carbocycles. The van der Waals surface area contributed by atoms with E-state index in [4.69, 9.17) is 15.6 Å². The summed E-state index contributed by atoms with van der Waals surface area (Å²) in [6, 6.07) is 5.36. The molecule has 0 spiro atoms. The molecule has 22 heavy (non-hydrogen) atoms. The smallest absolute Gasteiger partial charge is 0.339 e. The molecule has 3 N–H and O–H groups in total. The van der Waals surface area contributed by atoms with Crippen LogP contribution < -0.4 is 5.73 Å². The van der Waals surface area contributed by atoms with Gasteiger partial charge in [-0.15, -0.1) is 0 Å². The summed E-state index contributed by atoms with van der Waals surface area (Å²) >= 11 is 3.30. The number of nitrogen functional groups attached to an aromatic ring is 1. The summed E-state index contributed by atoms with van der Waals surface area (Å²) in [6.45, 7) is 0. The molecule has 0 unspecified atom stereocenters. The predicted molar refractivity (Wildman–Crippen MR) is 90.1 cm³/mol. The first-order valence-electron chi connectivity index (χ1n) is 7.12. The fourth-order valence-electron chi connectivity index (χ4n) is 2.48. The number of pyridine rings is 1. The van der Waals surface area contributed by atoms with Crippen LogP contribution in [0.5, 0.6) is 0 Å². The summed E-state index contributed by atoms with van der Waals surface area (Å²) in [5.74, 6) is -1.07. The Labute approximate surface area is 137 Å². The van der Waals surface area contributed by atoms with Crippen molar-refractivity contribution in [1.82, 2.24) is 4.98 Å². The lowest BCUT2D eigenvalue weighted by atomic mass is 10.1. The number of hydrogen-bond donors (Lipinski definition) is 2. The van der Waals surface area contributed by atoms with Gasteiger partial charge >= 0.3 is 5.97 Å². The molecule has 1 aromatic heterocycles. The van der Waals surface area contributed by atoms with Gasteiger partial charge in [-0.05, 0) is 31.0 Å². The van der Waals surface area contributed by atoms with E-state index in [9.17, 15) is 4.79 Å². The van der Waals surface area contributed by atoms with Gasteiger partial charge in [0, 0.05) is 23.2 Å². The second kappa shape index (κ2) is 7.56. The second-order valence-corrected chi connectivity index (χ2v) is 6.11. The first-order valence-corrected chi connectivity index (χ1v) is 7.92. The van der Waals surface area contributed by atoms with E-state index in [0.29, 0.717) is 17.0 Å². The van der Waals surface area contributed by atoms with Crippen LogP contribution in [0.1, 0.15) is 36.0 Å². The van der Waals surface area contributed by atoms with Gasteiger partial charge in [-0.25, -0.2) is 4.79 Å². The zero-order valence-electron chi connectivity index (χ0n) is 12.4. The van der Waals surface area contributed by atoms with E-state index in [0.717, 1.165) is 4.47 Å². The fraction of sp³-hybridized carbons (Fsp3) is 0.375. The Hall–Kier alpha value is -1.66. The van der Waals surface area contributed by atoms with Gasteiger partial charge in [-0.1, -0.05) is 28.8 Å². The normalized spacial score (nSPS) is 14.6.